The molecule has 1 aliphatic heterocycles. The molecule has 1 fully saturated rings. The molecule has 0 saturated carbocycles. The van der Waals surface area contributed by atoms with Crippen LogP contribution in [0, 0.1) is 5.41 Å². The maximum Gasteiger partial charge on any atom is 0.150 e. The smallest absolute Gasteiger partial charge is 0.150 e. The summed E-state index contributed by atoms with van der Waals surface area (Å²) in [6.07, 6.45) is 4.19. The van der Waals surface area contributed by atoms with Gasteiger partial charge in [0.25, 0.3) is 0 Å². The van der Waals surface area contributed by atoms with Crippen molar-refractivity contribution < 1.29 is 8.42 Å². The summed E-state index contributed by atoms with van der Waals surface area (Å²) >= 11 is 0. The predicted molar refractivity (Wildman–Crippen MR) is 63.8 cm³/mol. The Morgan fingerprint density at radius 2 is 2.07 bits per heavy atom. The van der Waals surface area contributed by atoms with E-state index in [1.165, 1.54) is 0 Å². The zero-order valence-electron chi connectivity index (χ0n) is 9.88. The molecule has 0 bridgehead atoms. The van der Waals surface area contributed by atoms with Crippen LogP contribution in [0.5, 0.6) is 0 Å². The molecule has 15 heavy (non-hydrogen) atoms. The summed E-state index contributed by atoms with van der Waals surface area (Å²) in [4.78, 5) is 0. The van der Waals surface area contributed by atoms with Crippen molar-refractivity contribution in [2.24, 2.45) is 5.41 Å². The zero-order valence-corrected chi connectivity index (χ0v) is 10.7. The van der Waals surface area contributed by atoms with E-state index < -0.39 is 9.84 Å². The minimum absolute atomic E-state index is 0.0326. The minimum atomic E-state index is -2.75. The number of nitrogens with one attached hydrogen (secondary N) is 1. The fourth-order valence-electron chi connectivity index (χ4n) is 2.35. The van der Waals surface area contributed by atoms with Gasteiger partial charge in [0.05, 0.1) is 11.5 Å². The van der Waals surface area contributed by atoms with Gasteiger partial charge in [-0.3, -0.25) is 0 Å². The predicted octanol–water partition coefficient (Wildman–Crippen LogP) is 1.59. The lowest BCUT2D eigenvalue weighted by molar-refractivity contribution is 0.283. The van der Waals surface area contributed by atoms with Gasteiger partial charge in [-0.1, -0.05) is 26.7 Å². The van der Waals surface area contributed by atoms with Gasteiger partial charge in [-0.05, 0) is 24.8 Å². The topological polar surface area (TPSA) is 46.2 Å². The van der Waals surface area contributed by atoms with Crippen molar-refractivity contribution in [1.29, 1.82) is 0 Å². The molecule has 0 spiro atoms. The molecule has 1 aliphatic rings. The molecular formula is C11H23NO2S. The summed E-state index contributed by atoms with van der Waals surface area (Å²) in [5, 5.41) is 3.31. The second-order valence-corrected chi connectivity index (χ2v) is 6.91. The standard InChI is InChI=1S/C11H23NO2S/c1-3-5-6-11(9-12-4-2)7-8-15(13,14)10-11/h12H,3-10H2,1-2H3. The molecule has 1 saturated heterocycles. The van der Waals surface area contributed by atoms with Gasteiger partial charge < -0.3 is 5.32 Å². The van der Waals surface area contributed by atoms with Crippen molar-refractivity contribution >= 4 is 9.84 Å². The van der Waals surface area contributed by atoms with E-state index in [-0.39, 0.29) is 5.41 Å². The molecule has 0 amide bonds. The Morgan fingerprint density at radius 3 is 2.53 bits per heavy atom. The monoisotopic (exact) mass is 233 g/mol. The van der Waals surface area contributed by atoms with Gasteiger partial charge in [-0.15, -0.1) is 0 Å². The Morgan fingerprint density at radius 1 is 1.33 bits per heavy atom. The average Bonchev–Trinajstić information content (AvgIpc) is 2.49. The quantitative estimate of drug-likeness (QED) is 0.758. The Hall–Kier alpha value is -0.0900. The molecule has 1 rings (SSSR count). The molecular weight excluding hydrogens is 210 g/mol. The van der Waals surface area contributed by atoms with Gasteiger partial charge in [-0.25, -0.2) is 8.42 Å². The first-order chi connectivity index (χ1) is 7.04. The van der Waals surface area contributed by atoms with Gasteiger partial charge in [-0.2, -0.15) is 0 Å². The summed E-state index contributed by atoms with van der Waals surface area (Å²) < 4.78 is 23.1. The van der Waals surface area contributed by atoms with Gasteiger partial charge >= 0.3 is 0 Å². The van der Waals surface area contributed by atoms with Crippen LogP contribution in [-0.2, 0) is 9.84 Å². The highest BCUT2D eigenvalue weighted by atomic mass is 32.2. The average molecular weight is 233 g/mol. The number of hydrogen-bond donors (Lipinski definition) is 1. The highest BCUT2D eigenvalue weighted by Gasteiger charge is 2.40. The normalized spacial score (nSPS) is 29.5. The van der Waals surface area contributed by atoms with E-state index in [9.17, 15) is 8.42 Å². The Kier molecular flexibility index (Phi) is 4.59. The van der Waals surface area contributed by atoms with E-state index in [0.717, 1.165) is 38.8 Å². The van der Waals surface area contributed by atoms with Gasteiger partial charge in [0, 0.05) is 6.54 Å². The molecule has 1 N–H and O–H groups in total. The Bertz CT molecular complexity index is 277. The summed E-state index contributed by atoms with van der Waals surface area (Å²) in [6, 6.07) is 0. The van der Waals surface area contributed by atoms with Gasteiger partial charge in [0.1, 0.15) is 0 Å². The molecule has 3 nitrogen and oxygen atoms in total. The van der Waals surface area contributed by atoms with Crippen LogP contribution in [0.15, 0.2) is 0 Å². The molecule has 0 aliphatic carbocycles. The van der Waals surface area contributed by atoms with E-state index in [4.69, 9.17) is 0 Å². The lowest BCUT2D eigenvalue weighted by Gasteiger charge is -2.27. The number of rotatable bonds is 6. The van der Waals surface area contributed by atoms with Crippen molar-refractivity contribution in [3.05, 3.63) is 0 Å². The second-order valence-electron chi connectivity index (χ2n) is 4.73. The van der Waals surface area contributed by atoms with E-state index in [1.54, 1.807) is 0 Å². The summed E-state index contributed by atoms with van der Waals surface area (Å²) in [6.45, 7) is 6.01. The SMILES string of the molecule is CCCCC1(CNCC)CCS(=O)(=O)C1. The van der Waals surface area contributed by atoms with E-state index >= 15 is 0 Å². The first-order valence-electron chi connectivity index (χ1n) is 5.95. The number of hydrogen-bond acceptors (Lipinski definition) is 3. The fraction of sp³-hybridized carbons (Fsp3) is 1.00. The fourth-order valence-corrected chi connectivity index (χ4v) is 4.56. The minimum Gasteiger partial charge on any atom is -0.316 e. The third kappa shape index (κ3) is 3.76. The molecule has 0 aromatic heterocycles. The lowest BCUT2D eigenvalue weighted by atomic mass is 9.82. The molecule has 0 aromatic carbocycles. The Labute approximate surface area is 93.6 Å². The third-order valence-electron chi connectivity index (χ3n) is 3.28. The summed E-state index contributed by atoms with van der Waals surface area (Å²) in [7, 11) is -2.75. The molecule has 0 radical (unpaired) electrons. The largest absolute Gasteiger partial charge is 0.316 e. The molecule has 4 heteroatoms. The maximum atomic E-state index is 11.5. The van der Waals surface area contributed by atoms with E-state index in [0.29, 0.717) is 11.5 Å². The zero-order chi connectivity index (χ0) is 11.4. The maximum absolute atomic E-state index is 11.5. The van der Waals surface area contributed by atoms with E-state index in [2.05, 4.69) is 19.2 Å². The molecule has 1 heterocycles. The molecule has 1 atom stereocenters. The third-order valence-corrected chi connectivity index (χ3v) is 5.16. The van der Waals surface area contributed by atoms with Gasteiger partial charge in [0.15, 0.2) is 9.84 Å². The second kappa shape index (κ2) is 5.30. The lowest BCUT2D eigenvalue weighted by Crippen LogP contribution is -2.35. The highest BCUT2D eigenvalue weighted by Crippen LogP contribution is 2.36. The molecule has 90 valence electrons. The van der Waals surface area contributed by atoms with Crippen LogP contribution >= 0.6 is 0 Å². The summed E-state index contributed by atoms with van der Waals surface area (Å²) in [5.41, 5.74) is 0.0326. The van der Waals surface area contributed by atoms with Crippen LogP contribution in [-0.4, -0.2) is 33.0 Å². The van der Waals surface area contributed by atoms with Crippen LogP contribution in [0.25, 0.3) is 0 Å². The molecule has 0 aromatic rings. The first kappa shape index (κ1) is 13.0. The van der Waals surface area contributed by atoms with Crippen LogP contribution in [0.4, 0.5) is 0 Å². The molecule has 1 unspecified atom stereocenters. The Balaban J connectivity index is 2.61. The van der Waals surface area contributed by atoms with Crippen LogP contribution in [0.3, 0.4) is 0 Å². The van der Waals surface area contributed by atoms with E-state index in [1.807, 2.05) is 0 Å². The summed E-state index contributed by atoms with van der Waals surface area (Å²) in [5.74, 6) is 0.787. The van der Waals surface area contributed by atoms with Crippen LogP contribution in [0.1, 0.15) is 39.5 Å². The van der Waals surface area contributed by atoms with Gasteiger partial charge in [0.2, 0.25) is 0 Å². The van der Waals surface area contributed by atoms with Crippen LogP contribution < -0.4 is 5.32 Å². The highest BCUT2D eigenvalue weighted by molar-refractivity contribution is 7.91. The van der Waals surface area contributed by atoms with Crippen molar-refractivity contribution in [1.82, 2.24) is 5.32 Å². The van der Waals surface area contributed by atoms with Crippen molar-refractivity contribution in [2.45, 2.75) is 39.5 Å². The van der Waals surface area contributed by atoms with Crippen molar-refractivity contribution in [2.75, 3.05) is 24.6 Å². The van der Waals surface area contributed by atoms with Crippen LogP contribution in [0.2, 0.25) is 0 Å². The van der Waals surface area contributed by atoms with Crippen molar-refractivity contribution in [3.63, 3.8) is 0 Å². The number of sulfone groups is 1. The van der Waals surface area contributed by atoms with Crippen molar-refractivity contribution in [3.8, 4) is 0 Å². The first-order valence-corrected chi connectivity index (χ1v) is 7.77. The number of unbranched alkanes of at least 4 members (excludes halogenated alkanes) is 1.